The quantitative estimate of drug-likeness (QED) is 0.910. The Kier molecular flexibility index (Phi) is 5.17. The van der Waals surface area contributed by atoms with E-state index in [2.05, 4.69) is 17.4 Å². The minimum Gasteiger partial charge on any atom is -0.349 e. The largest absolute Gasteiger partial charge is 0.349 e. The third-order valence-electron chi connectivity index (χ3n) is 4.86. The van der Waals surface area contributed by atoms with E-state index in [9.17, 15) is 9.59 Å². The van der Waals surface area contributed by atoms with Gasteiger partial charge in [-0.15, -0.1) is 0 Å². The van der Waals surface area contributed by atoms with Gasteiger partial charge in [-0.2, -0.15) is 0 Å². The molecular weight excluding hydrogens is 312 g/mol. The number of benzene rings is 2. The lowest BCUT2D eigenvalue weighted by atomic mass is 10.1. The molecule has 0 heterocycles. The van der Waals surface area contributed by atoms with Gasteiger partial charge in [-0.25, -0.2) is 0 Å². The van der Waals surface area contributed by atoms with E-state index in [1.54, 1.807) is 12.1 Å². The molecule has 2 unspecified atom stereocenters. The van der Waals surface area contributed by atoms with Crippen LogP contribution in [0.5, 0.6) is 0 Å². The van der Waals surface area contributed by atoms with Crippen molar-refractivity contribution >= 4 is 11.8 Å². The Morgan fingerprint density at radius 2 is 1.80 bits per heavy atom. The van der Waals surface area contributed by atoms with E-state index >= 15 is 0 Å². The second-order valence-corrected chi connectivity index (χ2v) is 6.70. The Labute approximate surface area is 148 Å². The van der Waals surface area contributed by atoms with Crippen LogP contribution in [0.1, 0.15) is 47.3 Å². The number of rotatable bonds is 5. The predicted molar refractivity (Wildman–Crippen MR) is 98.3 cm³/mol. The van der Waals surface area contributed by atoms with Crippen LogP contribution in [-0.4, -0.2) is 29.8 Å². The first-order valence-electron chi connectivity index (χ1n) is 8.75. The fraction of sp³-hybridized carbons (Fsp3) is 0.333. The molecule has 0 radical (unpaired) electrons. The van der Waals surface area contributed by atoms with Crippen molar-refractivity contribution in [3.05, 3.63) is 71.3 Å². The van der Waals surface area contributed by atoms with E-state index in [4.69, 9.17) is 0 Å². The second kappa shape index (κ2) is 7.51. The van der Waals surface area contributed by atoms with Crippen LogP contribution < -0.4 is 5.32 Å². The van der Waals surface area contributed by atoms with Gasteiger partial charge in [-0.05, 0) is 43.0 Å². The highest BCUT2D eigenvalue weighted by Gasteiger charge is 2.28. The van der Waals surface area contributed by atoms with Crippen molar-refractivity contribution in [1.29, 1.82) is 0 Å². The molecule has 2 aromatic rings. The molecule has 0 fully saturated rings. The number of nitrogens with one attached hydrogen (secondary N) is 1. The zero-order valence-electron chi connectivity index (χ0n) is 14.7. The number of nitrogens with zero attached hydrogens (tertiary/aromatic N) is 1. The van der Waals surface area contributed by atoms with Gasteiger partial charge in [-0.3, -0.25) is 9.59 Å². The first kappa shape index (κ1) is 17.2. The average molecular weight is 336 g/mol. The van der Waals surface area contributed by atoms with Crippen LogP contribution in [0.25, 0.3) is 0 Å². The summed E-state index contributed by atoms with van der Waals surface area (Å²) in [5.41, 5.74) is 3.19. The van der Waals surface area contributed by atoms with E-state index < -0.39 is 0 Å². The molecule has 4 heteroatoms. The van der Waals surface area contributed by atoms with E-state index in [0.29, 0.717) is 12.0 Å². The second-order valence-electron chi connectivity index (χ2n) is 6.70. The van der Waals surface area contributed by atoms with Crippen molar-refractivity contribution < 1.29 is 9.59 Å². The third-order valence-corrected chi connectivity index (χ3v) is 4.86. The molecule has 3 rings (SSSR count). The van der Waals surface area contributed by atoms with E-state index in [1.165, 1.54) is 11.1 Å². The molecule has 2 amide bonds. The summed E-state index contributed by atoms with van der Waals surface area (Å²) in [5.74, 6) is -0.0858. The topological polar surface area (TPSA) is 49.4 Å². The van der Waals surface area contributed by atoms with Gasteiger partial charge in [0.2, 0.25) is 5.91 Å². The van der Waals surface area contributed by atoms with Gasteiger partial charge < -0.3 is 10.2 Å². The summed E-state index contributed by atoms with van der Waals surface area (Å²) in [5, 5.41) is 2.91. The normalized spacial score (nSPS) is 16.8. The summed E-state index contributed by atoms with van der Waals surface area (Å²) in [6.45, 7) is 1.87. The minimum absolute atomic E-state index is 0.0579. The molecule has 4 nitrogen and oxygen atoms in total. The van der Waals surface area contributed by atoms with Crippen LogP contribution in [0.2, 0.25) is 0 Å². The van der Waals surface area contributed by atoms with Gasteiger partial charge in [-0.1, -0.05) is 42.5 Å². The minimum atomic E-state index is -0.209. The van der Waals surface area contributed by atoms with Crippen LogP contribution in [0.3, 0.4) is 0 Å². The molecular formula is C21H24N2O2. The number of amides is 2. The van der Waals surface area contributed by atoms with Crippen LogP contribution >= 0.6 is 0 Å². The maximum absolute atomic E-state index is 12.6. The molecule has 0 aliphatic heterocycles. The van der Waals surface area contributed by atoms with Gasteiger partial charge in [0.05, 0.1) is 6.04 Å². The molecule has 0 bridgehead atoms. The number of aryl methyl sites for hydroxylation is 1. The number of carbonyl (C=O) groups excluding carboxylic acids is 2. The number of fused-ring (bicyclic) bond motifs is 1. The summed E-state index contributed by atoms with van der Waals surface area (Å²) in [6, 6.07) is 17.3. The van der Waals surface area contributed by atoms with Gasteiger partial charge >= 0.3 is 0 Å². The summed E-state index contributed by atoms with van der Waals surface area (Å²) in [4.78, 5) is 26.7. The SMILES string of the molecule is CC(CC(=O)N(C)C1CCc2ccccc21)NC(=O)c1ccccc1. The van der Waals surface area contributed by atoms with E-state index in [1.807, 2.05) is 49.2 Å². The number of hydrogen-bond acceptors (Lipinski definition) is 2. The monoisotopic (exact) mass is 336 g/mol. The Morgan fingerprint density at radius 1 is 1.12 bits per heavy atom. The maximum atomic E-state index is 12.6. The first-order valence-corrected chi connectivity index (χ1v) is 8.75. The van der Waals surface area contributed by atoms with Crippen molar-refractivity contribution in [2.75, 3.05) is 7.05 Å². The van der Waals surface area contributed by atoms with Crippen molar-refractivity contribution in [3.63, 3.8) is 0 Å². The molecule has 0 spiro atoms. The fourth-order valence-corrected chi connectivity index (χ4v) is 3.46. The highest BCUT2D eigenvalue weighted by Crippen LogP contribution is 2.35. The first-order chi connectivity index (χ1) is 12.1. The predicted octanol–water partition coefficient (Wildman–Crippen LogP) is 3.34. The van der Waals surface area contributed by atoms with Crippen molar-refractivity contribution in [3.8, 4) is 0 Å². The molecule has 1 aliphatic rings. The lowest BCUT2D eigenvalue weighted by Crippen LogP contribution is -2.38. The standard InChI is InChI=1S/C21H24N2O2/c1-15(22-21(25)17-9-4-3-5-10-17)14-20(24)23(2)19-13-12-16-8-6-7-11-18(16)19/h3-11,15,19H,12-14H2,1-2H3,(H,22,25). The third kappa shape index (κ3) is 3.90. The molecule has 0 saturated heterocycles. The average Bonchev–Trinajstić information content (AvgIpc) is 3.05. The summed E-state index contributed by atoms with van der Waals surface area (Å²) >= 11 is 0. The maximum Gasteiger partial charge on any atom is 0.251 e. The molecule has 0 aromatic heterocycles. The van der Waals surface area contributed by atoms with Crippen molar-refractivity contribution in [1.82, 2.24) is 10.2 Å². The smallest absolute Gasteiger partial charge is 0.251 e. The molecule has 0 saturated carbocycles. The number of carbonyl (C=O) groups is 2. The zero-order chi connectivity index (χ0) is 17.8. The van der Waals surface area contributed by atoms with Gasteiger partial charge in [0, 0.05) is 25.1 Å². The lowest BCUT2D eigenvalue weighted by molar-refractivity contribution is -0.132. The van der Waals surface area contributed by atoms with E-state index in [-0.39, 0.29) is 23.9 Å². The highest BCUT2D eigenvalue weighted by atomic mass is 16.2. The fourth-order valence-electron chi connectivity index (χ4n) is 3.46. The highest BCUT2D eigenvalue weighted by molar-refractivity contribution is 5.94. The summed E-state index contributed by atoms with van der Waals surface area (Å²) in [6.07, 6.45) is 2.28. The van der Waals surface area contributed by atoms with Crippen molar-refractivity contribution in [2.24, 2.45) is 0 Å². The molecule has 1 N–H and O–H groups in total. The molecule has 1 aliphatic carbocycles. The molecule has 2 aromatic carbocycles. The Morgan fingerprint density at radius 3 is 2.56 bits per heavy atom. The summed E-state index contributed by atoms with van der Waals surface area (Å²) in [7, 11) is 1.86. The van der Waals surface area contributed by atoms with Crippen LogP contribution in [0.15, 0.2) is 54.6 Å². The van der Waals surface area contributed by atoms with Crippen LogP contribution in [-0.2, 0) is 11.2 Å². The van der Waals surface area contributed by atoms with Gasteiger partial charge in [0.25, 0.3) is 5.91 Å². The van der Waals surface area contributed by atoms with E-state index in [0.717, 1.165) is 12.8 Å². The molecule has 2 atom stereocenters. The summed E-state index contributed by atoms with van der Waals surface area (Å²) < 4.78 is 0. The zero-order valence-corrected chi connectivity index (χ0v) is 14.7. The van der Waals surface area contributed by atoms with Crippen LogP contribution in [0.4, 0.5) is 0 Å². The van der Waals surface area contributed by atoms with Crippen LogP contribution in [0, 0.1) is 0 Å². The lowest BCUT2D eigenvalue weighted by Gasteiger charge is -2.27. The van der Waals surface area contributed by atoms with Gasteiger partial charge in [0.15, 0.2) is 0 Å². The molecule has 25 heavy (non-hydrogen) atoms. The molecule has 130 valence electrons. The Hall–Kier alpha value is -2.62. The Balaban J connectivity index is 1.58. The number of hydrogen-bond donors (Lipinski definition) is 1. The van der Waals surface area contributed by atoms with Crippen molar-refractivity contribution in [2.45, 2.75) is 38.3 Å². The Bertz CT molecular complexity index is 758. The van der Waals surface area contributed by atoms with Gasteiger partial charge in [0.1, 0.15) is 0 Å².